The van der Waals surface area contributed by atoms with Crippen molar-refractivity contribution in [1.29, 1.82) is 0 Å². The minimum Gasteiger partial charge on any atom is -0.894 e. The molecule has 0 aromatic carbocycles. The fourth-order valence-corrected chi connectivity index (χ4v) is 0. The standard InChI is InChI=1S/Al.Fe.Na.O4Si/c;;;1-5(2,3)4/q+3;;+1;-4. The molecule has 0 spiro atoms. The summed E-state index contributed by atoms with van der Waals surface area (Å²) in [6, 6.07) is 0. The van der Waals surface area contributed by atoms with Crippen LogP contribution in [0.1, 0.15) is 0 Å². The monoisotopic (exact) mass is 198 g/mol. The Labute approximate surface area is 91.3 Å². The van der Waals surface area contributed by atoms with E-state index in [0.717, 1.165) is 0 Å². The molecule has 0 aliphatic heterocycles. The molecule has 0 bridgehead atoms. The molecule has 0 heterocycles. The van der Waals surface area contributed by atoms with Crippen LogP contribution in [0.15, 0.2) is 0 Å². The molecule has 0 saturated carbocycles. The molecule has 0 aromatic heterocycles. The third-order valence-electron chi connectivity index (χ3n) is 0. The van der Waals surface area contributed by atoms with Crippen molar-refractivity contribution in [3.63, 3.8) is 0 Å². The number of hydrogen-bond donors (Lipinski definition) is 0. The Bertz CT molecular complexity index is 31.5. The first-order chi connectivity index (χ1) is 2.00. The van der Waals surface area contributed by atoms with Gasteiger partial charge in [0.2, 0.25) is 0 Å². The van der Waals surface area contributed by atoms with Crippen LogP contribution in [0.5, 0.6) is 0 Å². The molecule has 40 valence electrons. The van der Waals surface area contributed by atoms with Crippen molar-refractivity contribution in [3.05, 3.63) is 0 Å². The zero-order valence-electron chi connectivity index (χ0n) is 4.06. The molecule has 4 nitrogen and oxygen atoms in total. The summed E-state index contributed by atoms with van der Waals surface area (Å²) >= 11 is 0. The van der Waals surface area contributed by atoms with Crippen LogP contribution in [0.3, 0.4) is 0 Å². The molecule has 0 rings (SSSR count). The van der Waals surface area contributed by atoms with Crippen molar-refractivity contribution in [2.45, 2.75) is 0 Å². The van der Waals surface area contributed by atoms with Gasteiger partial charge < -0.3 is 28.2 Å². The van der Waals surface area contributed by atoms with E-state index in [1.54, 1.807) is 0 Å². The first-order valence-corrected chi connectivity index (χ1v) is 2.45. The first kappa shape index (κ1) is 22.5. The van der Waals surface area contributed by atoms with E-state index in [0.29, 0.717) is 0 Å². The van der Waals surface area contributed by atoms with E-state index in [-0.39, 0.29) is 64.0 Å². The van der Waals surface area contributed by atoms with Crippen LogP contribution in [0, 0.1) is 0 Å². The van der Waals surface area contributed by atoms with Crippen LogP contribution in [-0.4, -0.2) is 26.4 Å². The van der Waals surface area contributed by atoms with E-state index < -0.39 is 9.05 Å². The molecule has 0 N–H and O–H groups in total. The van der Waals surface area contributed by atoms with E-state index >= 15 is 0 Å². The van der Waals surface area contributed by atoms with Gasteiger partial charge >= 0.3 is 46.9 Å². The van der Waals surface area contributed by atoms with Crippen LogP contribution in [0.25, 0.3) is 0 Å². The van der Waals surface area contributed by atoms with Crippen molar-refractivity contribution in [2.75, 3.05) is 0 Å². The predicted molar refractivity (Wildman–Crippen MR) is 11.5 cm³/mol. The summed E-state index contributed by atoms with van der Waals surface area (Å²) < 4.78 is 0. The van der Waals surface area contributed by atoms with Crippen molar-refractivity contribution in [3.8, 4) is 0 Å². The van der Waals surface area contributed by atoms with Crippen LogP contribution in [-0.2, 0) is 17.1 Å². The molecule has 0 saturated heterocycles. The molecule has 0 unspecified atom stereocenters. The van der Waals surface area contributed by atoms with Crippen molar-refractivity contribution >= 4 is 26.4 Å². The molecule has 0 radical (unpaired) electrons. The van der Waals surface area contributed by atoms with Gasteiger partial charge in [-0.3, -0.25) is 0 Å². The smallest absolute Gasteiger partial charge is 0.894 e. The molecule has 8 heteroatoms. The Morgan fingerprint density at radius 3 is 0.875 bits per heavy atom. The molecule has 0 aliphatic carbocycles. The van der Waals surface area contributed by atoms with Crippen molar-refractivity contribution < 1.29 is 65.8 Å². The molecule has 0 aromatic rings. The summed E-state index contributed by atoms with van der Waals surface area (Å²) in [7, 11) is -5.61. The van der Waals surface area contributed by atoms with Crippen LogP contribution in [0.2, 0.25) is 0 Å². The minimum absolute atomic E-state index is 0. The Balaban J connectivity index is -0.0000000267. The van der Waals surface area contributed by atoms with E-state index in [4.69, 9.17) is 19.2 Å². The van der Waals surface area contributed by atoms with Gasteiger partial charge in [0.05, 0.1) is 0 Å². The summed E-state index contributed by atoms with van der Waals surface area (Å²) in [5.41, 5.74) is 0. The molecule has 8 heavy (non-hydrogen) atoms. The first-order valence-electron chi connectivity index (χ1n) is 0.816. The summed E-state index contributed by atoms with van der Waals surface area (Å²) in [4.78, 5) is 34.3. The molecule has 0 amide bonds. The van der Waals surface area contributed by atoms with E-state index in [9.17, 15) is 0 Å². The summed E-state index contributed by atoms with van der Waals surface area (Å²) in [6.07, 6.45) is 0. The van der Waals surface area contributed by atoms with Gasteiger partial charge in [0.25, 0.3) is 0 Å². The molecule has 0 aliphatic rings. The molecule has 0 atom stereocenters. The summed E-state index contributed by atoms with van der Waals surface area (Å²) in [6.45, 7) is 0. The Kier molecular flexibility index (Phi) is 25.6. The largest absolute Gasteiger partial charge is 3.00 e. The van der Waals surface area contributed by atoms with Crippen molar-refractivity contribution in [2.24, 2.45) is 0 Å². The van der Waals surface area contributed by atoms with E-state index in [2.05, 4.69) is 0 Å². The van der Waals surface area contributed by atoms with Crippen LogP contribution in [0.4, 0.5) is 0 Å². The Hall–Kier alpha value is 2.11. The van der Waals surface area contributed by atoms with Crippen molar-refractivity contribution in [1.82, 2.24) is 0 Å². The SMILES string of the molecule is [Al+3].[Fe].[Na+].[O-][Si]([O-])([O-])[O-]. The molecular formula is AlFeNaO4Si. The third kappa shape index (κ3) is 92.1. The maximum Gasteiger partial charge on any atom is 3.00 e. The number of rotatable bonds is 0. The van der Waals surface area contributed by atoms with Gasteiger partial charge in [0.1, 0.15) is 0 Å². The van der Waals surface area contributed by atoms with Gasteiger partial charge in [-0.05, 0) is 0 Å². The number of hydrogen-bond acceptors (Lipinski definition) is 4. The fourth-order valence-electron chi connectivity index (χ4n) is 0. The second-order valence-corrected chi connectivity index (χ2v) is 1.50. The second-order valence-electron chi connectivity index (χ2n) is 0.500. The Morgan fingerprint density at radius 2 is 0.875 bits per heavy atom. The maximum absolute atomic E-state index is 8.58. The average molecular weight is 198 g/mol. The Morgan fingerprint density at radius 1 is 0.875 bits per heavy atom. The summed E-state index contributed by atoms with van der Waals surface area (Å²) in [5.74, 6) is 0. The van der Waals surface area contributed by atoms with Crippen LogP contribution >= 0.6 is 0 Å². The topological polar surface area (TPSA) is 92.2 Å². The summed E-state index contributed by atoms with van der Waals surface area (Å²) in [5, 5.41) is 0. The van der Waals surface area contributed by atoms with Gasteiger partial charge in [-0.1, -0.05) is 0 Å². The minimum atomic E-state index is -5.61. The van der Waals surface area contributed by atoms with Gasteiger partial charge in [-0.2, -0.15) is 0 Å². The fraction of sp³-hybridized carbons (Fsp3) is 0. The quantitative estimate of drug-likeness (QED) is 0.361. The third-order valence-corrected chi connectivity index (χ3v) is 0. The molecule has 0 fully saturated rings. The van der Waals surface area contributed by atoms with Gasteiger partial charge in [0.15, 0.2) is 0 Å². The second kappa shape index (κ2) is 9.11. The maximum atomic E-state index is 8.58. The van der Waals surface area contributed by atoms with E-state index in [1.807, 2.05) is 0 Å². The predicted octanol–water partition coefficient (Wildman–Crippen LogP) is -8.52. The molecular weight excluding hydrogens is 198 g/mol. The normalized spacial score (nSPS) is 7.50. The van der Waals surface area contributed by atoms with E-state index in [1.165, 1.54) is 0 Å². The van der Waals surface area contributed by atoms with Gasteiger partial charge in [-0.25, -0.2) is 0 Å². The average Bonchev–Trinajstić information content (AvgIpc) is 0.722. The van der Waals surface area contributed by atoms with Gasteiger partial charge in [0, 0.05) is 17.1 Å². The zero-order chi connectivity index (χ0) is 4.50. The zero-order valence-corrected chi connectivity index (χ0v) is 9.32. The van der Waals surface area contributed by atoms with Crippen LogP contribution < -0.4 is 48.7 Å². The van der Waals surface area contributed by atoms with Gasteiger partial charge in [-0.15, -0.1) is 0 Å².